The number of hydrogen-bond donors (Lipinski definition) is 0. The molecule has 0 unspecified atom stereocenters. The van der Waals surface area contributed by atoms with E-state index in [0.29, 0.717) is 0 Å². The summed E-state index contributed by atoms with van der Waals surface area (Å²) >= 11 is 0. The highest BCUT2D eigenvalue weighted by molar-refractivity contribution is 6.14. The summed E-state index contributed by atoms with van der Waals surface area (Å²) in [4.78, 5) is 0. The maximum Gasteiger partial charge on any atom is -0.00200 e. The summed E-state index contributed by atoms with van der Waals surface area (Å²) in [5, 5.41) is 7.34. The summed E-state index contributed by atoms with van der Waals surface area (Å²) in [5.74, 6) is 0. The number of rotatable bonds is 8. The van der Waals surface area contributed by atoms with E-state index in [4.69, 9.17) is 0 Å². The standard InChI is InChI=1S/C48H38.C2H6/c1-5-16-33(17-6-2)45-31-37-20-9-10-21-38(37)32-46(45)48-42(18-7-3)39(8-4)47(43-24-13-14-25-44(43)48)36-29-27-35(28-30-36)41-26-15-22-34-19-11-12-23-40(34)41;1-2/h5-32H,1,4H2,2-3H3;1-2H3/b17-6-,18-7-,33-16+;. The number of hydrogen-bond acceptors (Lipinski definition) is 0. The second kappa shape index (κ2) is 15.5. The van der Waals surface area contributed by atoms with Gasteiger partial charge in [-0.25, -0.2) is 0 Å². The van der Waals surface area contributed by atoms with Crippen LogP contribution in [-0.2, 0) is 0 Å². The topological polar surface area (TPSA) is 0 Å². The van der Waals surface area contributed by atoms with Crippen molar-refractivity contribution in [3.05, 3.63) is 188 Å². The Morgan fingerprint density at radius 2 is 1.10 bits per heavy atom. The Morgan fingerprint density at radius 1 is 0.520 bits per heavy atom. The lowest BCUT2D eigenvalue weighted by Crippen LogP contribution is -1.99. The van der Waals surface area contributed by atoms with Gasteiger partial charge in [0.05, 0.1) is 0 Å². The summed E-state index contributed by atoms with van der Waals surface area (Å²) in [7, 11) is 0. The molecule has 50 heavy (non-hydrogen) atoms. The Labute approximate surface area is 297 Å². The number of fused-ring (bicyclic) bond motifs is 3. The Balaban J connectivity index is 0.00000212. The molecule has 0 aromatic heterocycles. The molecule has 0 spiro atoms. The van der Waals surface area contributed by atoms with Crippen LogP contribution < -0.4 is 0 Å². The lowest BCUT2D eigenvalue weighted by Gasteiger charge is -2.23. The molecule has 0 radical (unpaired) electrons. The Kier molecular flexibility index (Phi) is 10.5. The molecule has 244 valence electrons. The van der Waals surface area contributed by atoms with Gasteiger partial charge >= 0.3 is 0 Å². The van der Waals surface area contributed by atoms with Gasteiger partial charge in [0.15, 0.2) is 0 Å². The van der Waals surface area contributed by atoms with E-state index in [1.54, 1.807) is 0 Å². The SMILES string of the molecule is C=C/C=C(\C=C/C)c1cc2ccccc2cc1-c1c(/C=C\C)c(C=C)c(-c2ccc(-c3cccc4ccccc34)cc2)c2ccccc12.CC. The molecule has 0 fully saturated rings. The van der Waals surface area contributed by atoms with Crippen LogP contribution in [-0.4, -0.2) is 0 Å². The van der Waals surface area contributed by atoms with Crippen LogP contribution in [0.15, 0.2) is 171 Å². The van der Waals surface area contributed by atoms with Gasteiger partial charge in [-0.05, 0) is 114 Å². The third-order valence-electron chi connectivity index (χ3n) is 9.22. The van der Waals surface area contributed by atoms with Crippen molar-refractivity contribution in [1.82, 2.24) is 0 Å². The minimum Gasteiger partial charge on any atom is -0.0990 e. The van der Waals surface area contributed by atoms with Crippen molar-refractivity contribution in [3.63, 3.8) is 0 Å². The summed E-state index contributed by atoms with van der Waals surface area (Å²) in [6.07, 6.45) is 14.7. The molecule has 0 amide bonds. The lowest BCUT2D eigenvalue weighted by atomic mass is 9.80. The molecule has 7 aromatic rings. The highest BCUT2D eigenvalue weighted by atomic mass is 14.2. The van der Waals surface area contributed by atoms with Gasteiger partial charge in [0.1, 0.15) is 0 Å². The third-order valence-corrected chi connectivity index (χ3v) is 9.22. The Hall–Kier alpha value is -5.98. The molecule has 0 saturated carbocycles. The summed E-state index contributed by atoms with van der Waals surface area (Å²) in [6, 6.07) is 46.3. The van der Waals surface area contributed by atoms with Crippen molar-refractivity contribution in [2.45, 2.75) is 27.7 Å². The van der Waals surface area contributed by atoms with E-state index in [0.717, 1.165) is 16.7 Å². The molecule has 0 aliphatic rings. The molecule has 0 nitrogen and oxygen atoms in total. The lowest BCUT2D eigenvalue weighted by molar-refractivity contribution is 1.50. The molecule has 0 heteroatoms. The van der Waals surface area contributed by atoms with E-state index in [1.807, 2.05) is 26.0 Å². The fourth-order valence-electron chi connectivity index (χ4n) is 7.15. The molecule has 0 atom stereocenters. The normalized spacial score (nSPS) is 11.7. The van der Waals surface area contributed by atoms with Gasteiger partial charge in [-0.2, -0.15) is 0 Å². The molecule has 0 aliphatic carbocycles. The van der Waals surface area contributed by atoms with E-state index in [-0.39, 0.29) is 0 Å². The van der Waals surface area contributed by atoms with Crippen LogP contribution in [0.2, 0.25) is 0 Å². The molecule has 0 bridgehead atoms. The first-order valence-corrected chi connectivity index (χ1v) is 17.6. The second-order valence-electron chi connectivity index (χ2n) is 12.0. The summed E-state index contributed by atoms with van der Waals surface area (Å²) in [5.41, 5.74) is 11.8. The Morgan fingerprint density at radius 3 is 1.74 bits per heavy atom. The van der Waals surface area contributed by atoms with E-state index in [1.165, 1.54) is 71.3 Å². The number of allylic oxidation sites excluding steroid dienone is 6. The highest BCUT2D eigenvalue weighted by Crippen LogP contribution is 2.46. The zero-order valence-electron chi connectivity index (χ0n) is 29.6. The molecule has 0 N–H and O–H groups in total. The van der Waals surface area contributed by atoms with Gasteiger partial charge in [0.25, 0.3) is 0 Å². The van der Waals surface area contributed by atoms with Crippen molar-refractivity contribution < 1.29 is 0 Å². The van der Waals surface area contributed by atoms with Crippen LogP contribution in [0.1, 0.15) is 44.4 Å². The van der Waals surface area contributed by atoms with Crippen LogP contribution in [0.4, 0.5) is 0 Å². The van der Waals surface area contributed by atoms with Gasteiger partial charge in [0, 0.05) is 0 Å². The molecule has 0 heterocycles. The molecule has 7 aromatic carbocycles. The van der Waals surface area contributed by atoms with Crippen molar-refractivity contribution in [2.75, 3.05) is 0 Å². The molecular weight excluding hydrogens is 601 g/mol. The minimum absolute atomic E-state index is 1.12. The summed E-state index contributed by atoms with van der Waals surface area (Å²) < 4.78 is 0. The average Bonchev–Trinajstić information content (AvgIpc) is 3.17. The van der Waals surface area contributed by atoms with Gasteiger partial charge in [0.2, 0.25) is 0 Å². The van der Waals surface area contributed by atoms with Crippen LogP contribution >= 0.6 is 0 Å². The van der Waals surface area contributed by atoms with Crippen molar-refractivity contribution in [2.24, 2.45) is 0 Å². The Bertz CT molecular complexity index is 2420. The van der Waals surface area contributed by atoms with Gasteiger partial charge in [-0.3, -0.25) is 0 Å². The monoisotopic (exact) mass is 644 g/mol. The predicted molar refractivity (Wildman–Crippen MR) is 224 cm³/mol. The van der Waals surface area contributed by atoms with Crippen LogP contribution in [0.5, 0.6) is 0 Å². The molecule has 7 rings (SSSR count). The summed E-state index contributed by atoms with van der Waals surface area (Å²) in [6.45, 7) is 16.6. The number of benzene rings is 7. The maximum atomic E-state index is 4.40. The van der Waals surface area contributed by atoms with Gasteiger partial charge < -0.3 is 0 Å². The van der Waals surface area contributed by atoms with Crippen LogP contribution in [0, 0.1) is 0 Å². The fourth-order valence-corrected chi connectivity index (χ4v) is 7.15. The smallest absolute Gasteiger partial charge is 0.00200 e. The minimum atomic E-state index is 1.12. The van der Waals surface area contributed by atoms with E-state index >= 15 is 0 Å². The van der Waals surface area contributed by atoms with Gasteiger partial charge in [-0.15, -0.1) is 0 Å². The third kappa shape index (κ3) is 6.29. The zero-order valence-corrected chi connectivity index (χ0v) is 29.6. The van der Waals surface area contributed by atoms with E-state index in [2.05, 4.69) is 185 Å². The van der Waals surface area contributed by atoms with Crippen molar-refractivity contribution >= 4 is 50.0 Å². The van der Waals surface area contributed by atoms with Crippen LogP contribution in [0.25, 0.3) is 83.4 Å². The second-order valence-corrected chi connectivity index (χ2v) is 12.0. The van der Waals surface area contributed by atoms with E-state index < -0.39 is 0 Å². The van der Waals surface area contributed by atoms with Gasteiger partial charge in [-0.1, -0.05) is 185 Å². The molecular formula is C50H44. The zero-order chi connectivity index (χ0) is 35.0. The fraction of sp³-hybridized carbons (Fsp3) is 0.0800. The van der Waals surface area contributed by atoms with E-state index in [9.17, 15) is 0 Å². The quantitative estimate of drug-likeness (QED) is 0.144. The molecule has 0 aliphatic heterocycles. The van der Waals surface area contributed by atoms with Crippen LogP contribution in [0.3, 0.4) is 0 Å². The molecule has 0 saturated heterocycles. The first-order chi connectivity index (χ1) is 24.7. The average molecular weight is 645 g/mol. The predicted octanol–water partition coefficient (Wildman–Crippen LogP) is 15.0. The maximum absolute atomic E-state index is 4.40. The van der Waals surface area contributed by atoms with Crippen molar-refractivity contribution in [1.29, 1.82) is 0 Å². The first kappa shape index (κ1) is 33.9. The highest BCUT2D eigenvalue weighted by Gasteiger charge is 2.22. The first-order valence-electron chi connectivity index (χ1n) is 17.6. The van der Waals surface area contributed by atoms with Crippen molar-refractivity contribution in [3.8, 4) is 33.4 Å². The largest absolute Gasteiger partial charge is 0.0990 e.